The smallest absolute Gasteiger partial charge is 0.272 e. The zero-order valence-electron chi connectivity index (χ0n) is 12.4. The summed E-state index contributed by atoms with van der Waals surface area (Å²) in [5.74, 6) is 1.58. The van der Waals surface area contributed by atoms with E-state index in [0.29, 0.717) is 17.7 Å². The van der Waals surface area contributed by atoms with E-state index in [0.717, 1.165) is 29.1 Å². The largest absolute Gasteiger partial charge is 0.333 e. The molecule has 114 valence electrons. The van der Waals surface area contributed by atoms with Gasteiger partial charge in [-0.25, -0.2) is 4.98 Å². The first kappa shape index (κ1) is 13.0. The van der Waals surface area contributed by atoms with E-state index in [4.69, 9.17) is 0 Å². The number of thiophene rings is 1. The molecule has 4 unspecified atom stereocenters. The molecular weight excluding hydrogens is 294 g/mol. The first-order valence-electron chi connectivity index (χ1n) is 8.13. The van der Waals surface area contributed by atoms with Crippen molar-refractivity contribution in [2.45, 2.75) is 18.9 Å². The lowest BCUT2D eigenvalue weighted by molar-refractivity contribution is 0.0569. The number of pyridine rings is 1. The number of nitrogens with zero attached hydrogens (tertiary/aromatic N) is 3. The van der Waals surface area contributed by atoms with Gasteiger partial charge in [-0.05, 0) is 47.6 Å². The van der Waals surface area contributed by atoms with Gasteiger partial charge in [0.25, 0.3) is 5.91 Å². The monoisotopic (exact) mass is 313 g/mol. The predicted octanol–water partition coefficient (Wildman–Crippen LogP) is 2.46. The Morgan fingerprint density at radius 2 is 2.09 bits per heavy atom. The highest BCUT2D eigenvalue weighted by Crippen LogP contribution is 2.37. The lowest BCUT2D eigenvalue weighted by atomic mass is 9.84. The molecule has 0 spiro atoms. The Hall–Kier alpha value is -1.46. The molecule has 4 fully saturated rings. The molecule has 4 aliphatic rings. The minimum absolute atomic E-state index is 0.132. The van der Waals surface area contributed by atoms with Crippen LogP contribution in [0.4, 0.5) is 0 Å². The number of carbonyl (C=O) groups excluding carboxylic acids is 1. The zero-order valence-corrected chi connectivity index (χ0v) is 13.3. The fourth-order valence-electron chi connectivity index (χ4n) is 4.67. The minimum Gasteiger partial charge on any atom is -0.333 e. The van der Waals surface area contributed by atoms with Gasteiger partial charge in [-0.15, -0.1) is 11.3 Å². The maximum atomic E-state index is 13.0. The quantitative estimate of drug-likeness (QED) is 0.811. The second-order valence-electron chi connectivity index (χ2n) is 7.06. The van der Waals surface area contributed by atoms with Crippen molar-refractivity contribution in [2.24, 2.45) is 11.8 Å². The third-order valence-electron chi connectivity index (χ3n) is 5.49. The summed E-state index contributed by atoms with van der Waals surface area (Å²) in [4.78, 5) is 22.2. The Bertz CT molecular complexity index is 728. The molecule has 4 bridgehead atoms. The maximum absolute atomic E-state index is 13.0. The van der Waals surface area contributed by atoms with Gasteiger partial charge in [0, 0.05) is 38.4 Å². The molecular formula is C17H19N3OS. The fourth-order valence-corrected chi connectivity index (χ4v) is 5.41. The van der Waals surface area contributed by atoms with Crippen molar-refractivity contribution in [3.63, 3.8) is 0 Å². The van der Waals surface area contributed by atoms with Gasteiger partial charge in [0.1, 0.15) is 5.69 Å². The van der Waals surface area contributed by atoms with Crippen LogP contribution in [-0.2, 0) is 0 Å². The van der Waals surface area contributed by atoms with E-state index < -0.39 is 0 Å². The lowest BCUT2D eigenvalue weighted by Gasteiger charge is -2.41. The second-order valence-corrected chi connectivity index (χ2v) is 8.01. The van der Waals surface area contributed by atoms with E-state index in [-0.39, 0.29) is 5.91 Å². The molecule has 0 radical (unpaired) electrons. The van der Waals surface area contributed by atoms with Gasteiger partial charge in [0.05, 0.1) is 4.70 Å². The third-order valence-corrected chi connectivity index (χ3v) is 6.36. The number of carbonyl (C=O) groups is 1. The molecule has 2 aromatic heterocycles. The van der Waals surface area contributed by atoms with Crippen LogP contribution in [0.15, 0.2) is 23.7 Å². The van der Waals surface area contributed by atoms with Crippen molar-refractivity contribution in [1.29, 1.82) is 0 Å². The summed E-state index contributed by atoms with van der Waals surface area (Å²) < 4.78 is 1.15. The van der Waals surface area contributed by atoms with E-state index in [1.807, 2.05) is 12.3 Å². The topological polar surface area (TPSA) is 36.4 Å². The summed E-state index contributed by atoms with van der Waals surface area (Å²) in [6.45, 7) is 4.39. The maximum Gasteiger partial charge on any atom is 0.272 e. The van der Waals surface area contributed by atoms with Gasteiger partial charge < -0.3 is 9.80 Å². The standard InChI is InChI=1S/C17H19N3OS/c21-17(15-5-13-1-2-22-16(13)6-18-15)20-9-12-3-11-4-14(20)10-19(7-11)8-12/h1-2,5-6,11-12,14H,3-4,7-10H2. The first-order valence-corrected chi connectivity index (χ1v) is 9.01. The molecule has 6 rings (SSSR count). The van der Waals surface area contributed by atoms with Crippen LogP contribution < -0.4 is 0 Å². The van der Waals surface area contributed by atoms with Gasteiger partial charge in [0.2, 0.25) is 0 Å². The van der Waals surface area contributed by atoms with E-state index in [2.05, 4.69) is 26.2 Å². The molecule has 0 N–H and O–H groups in total. The summed E-state index contributed by atoms with van der Waals surface area (Å²) in [5, 5.41) is 3.19. The Morgan fingerprint density at radius 1 is 1.18 bits per heavy atom. The van der Waals surface area contributed by atoms with Gasteiger partial charge in [-0.3, -0.25) is 4.79 Å². The molecule has 0 saturated carbocycles. The van der Waals surface area contributed by atoms with Crippen molar-refractivity contribution < 1.29 is 4.79 Å². The molecule has 22 heavy (non-hydrogen) atoms. The van der Waals surface area contributed by atoms with Gasteiger partial charge in [-0.1, -0.05) is 0 Å². The molecule has 4 atom stereocenters. The summed E-state index contributed by atoms with van der Waals surface area (Å²) in [7, 11) is 0. The normalized spacial score (nSPS) is 33.4. The van der Waals surface area contributed by atoms with Crippen LogP contribution in [0.3, 0.4) is 0 Å². The van der Waals surface area contributed by atoms with E-state index in [9.17, 15) is 4.79 Å². The number of fused-ring (bicyclic) bond motifs is 2. The SMILES string of the molecule is O=C(c1cc2ccsc2cn1)N1CC2CC3CC1CN(C3)C2. The third kappa shape index (κ3) is 1.99. The van der Waals surface area contributed by atoms with Gasteiger partial charge >= 0.3 is 0 Å². The summed E-state index contributed by atoms with van der Waals surface area (Å²) >= 11 is 1.67. The van der Waals surface area contributed by atoms with Crippen molar-refractivity contribution in [3.8, 4) is 0 Å². The average molecular weight is 313 g/mol. The van der Waals surface area contributed by atoms with Crippen LogP contribution in [0, 0.1) is 11.8 Å². The molecule has 4 nitrogen and oxygen atoms in total. The Balaban J connectivity index is 1.49. The highest BCUT2D eigenvalue weighted by Gasteiger charge is 2.43. The number of hydrogen-bond acceptors (Lipinski definition) is 4. The zero-order chi connectivity index (χ0) is 14.7. The molecule has 0 aromatic carbocycles. The molecule has 4 saturated heterocycles. The predicted molar refractivity (Wildman–Crippen MR) is 87.1 cm³/mol. The van der Waals surface area contributed by atoms with Crippen LogP contribution in [0.1, 0.15) is 23.3 Å². The van der Waals surface area contributed by atoms with Gasteiger partial charge in [-0.2, -0.15) is 0 Å². The second kappa shape index (κ2) is 4.77. The van der Waals surface area contributed by atoms with Crippen LogP contribution in [0.5, 0.6) is 0 Å². The Morgan fingerprint density at radius 3 is 3.00 bits per heavy atom. The van der Waals surface area contributed by atoms with Crippen LogP contribution in [-0.4, -0.2) is 52.9 Å². The summed E-state index contributed by atoms with van der Waals surface area (Å²) in [5.41, 5.74) is 0.613. The number of piperidine rings is 2. The molecule has 2 aromatic rings. The average Bonchev–Trinajstić information content (AvgIpc) is 2.89. The summed E-state index contributed by atoms with van der Waals surface area (Å²) in [6, 6.07) is 4.42. The molecule has 0 aliphatic carbocycles. The number of aromatic nitrogens is 1. The van der Waals surface area contributed by atoms with Crippen LogP contribution >= 0.6 is 11.3 Å². The highest BCUT2D eigenvalue weighted by molar-refractivity contribution is 7.17. The van der Waals surface area contributed by atoms with E-state index in [1.54, 1.807) is 11.3 Å². The van der Waals surface area contributed by atoms with Crippen molar-refractivity contribution in [1.82, 2.24) is 14.8 Å². The van der Waals surface area contributed by atoms with Crippen LogP contribution in [0.2, 0.25) is 0 Å². The van der Waals surface area contributed by atoms with Crippen molar-refractivity contribution in [2.75, 3.05) is 26.2 Å². The molecule has 5 heteroatoms. The Labute approximate surface area is 133 Å². The van der Waals surface area contributed by atoms with Crippen molar-refractivity contribution >= 4 is 27.3 Å². The van der Waals surface area contributed by atoms with E-state index in [1.165, 1.54) is 25.9 Å². The highest BCUT2D eigenvalue weighted by atomic mass is 32.1. The van der Waals surface area contributed by atoms with E-state index >= 15 is 0 Å². The van der Waals surface area contributed by atoms with Crippen molar-refractivity contribution in [3.05, 3.63) is 29.4 Å². The minimum atomic E-state index is 0.132. The molecule has 4 aliphatic heterocycles. The van der Waals surface area contributed by atoms with Gasteiger partial charge in [0.15, 0.2) is 0 Å². The number of rotatable bonds is 1. The Kier molecular flexibility index (Phi) is 2.82. The molecule has 1 amide bonds. The lowest BCUT2D eigenvalue weighted by Crippen LogP contribution is -2.50. The first-order chi connectivity index (χ1) is 10.8. The number of amides is 1. The number of hydrogen-bond donors (Lipinski definition) is 0. The fraction of sp³-hybridized carbons (Fsp3) is 0.529. The summed E-state index contributed by atoms with van der Waals surface area (Å²) in [6.07, 6.45) is 4.32. The van der Waals surface area contributed by atoms with Crippen LogP contribution in [0.25, 0.3) is 10.1 Å². The molecule has 6 heterocycles.